The molecule has 0 aliphatic carbocycles. The fourth-order valence-electron chi connectivity index (χ4n) is 4.04. The molecule has 0 aromatic heterocycles. The Morgan fingerprint density at radius 1 is 1.11 bits per heavy atom. The Kier molecular flexibility index (Phi) is 7.32. The first-order chi connectivity index (χ1) is 13.0. The monoisotopic (exact) mass is 482 g/mol. The van der Waals surface area contributed by atoms with Crippen LogP contribution in [-0.2, 0) is 6.42 Å². The van der Waals surface area contributed by atoms with E-state index in [2.05, 4.69) is 38.1 Å². The van der Waals surface area contributed by atoms with Crippen LogP contribution < -0.4 is 0 Å². The van der Waals surface area contributed by atoms with Crippen LogP contribution in [0.4, 0.5) is 4.39 Å². The van der Waals surface area contributed by atoms with Gasteiger partial charge < -0.3 is 0 Å². The van der Waals surface area contributed by atoms with Gasteiger partial charge in [-0.3, -0.25) is 0 Å². The summed E-state index contributed by atoms with van der Waals surface area (Å²) in [5.74, 6) is -0.277. The van der Waals surface area contributed by atoms with Crippen molar-refractivity contribution in [1.82, 2.24) is 0 Å². The van der Waals surface area contributed by atoms with Gasteiger partial charge in [0.05, 0.1) is 0 Å². The van der Waals surface area contributed by atoms with Crippen molar-refractivity contribution in [3.8, 4) is 0 Å². The van der Waals surface area contributed by atoms with Crippen molar-refractivity contribution in [3.63, 3.8) is 0 Å². The van der Waals surface area contributed by atoms with Crippen LogP contribution in [-0.4, -0.2) is 14.0 Å². The molecular formula is C24H32FIO. The van der Waals surface area contributed by atoms with Gasteiger partial charge in [-0.05, 0) is 6.07 Å². The van der Waals surface area contributed by atoms with Gasteiger partial charge in [0.1, 0.15) is 5.82 Å². The summed E-state index contributed by atoms with van der Waals surface area (Å²) in [7, 11) is 0. The average Bonchev–Trinajstić information content (AvgIpc) is 3.47. The van der Waals surface area contributed by atoms with Crippen molar-refractivity contribution in [2.75, 3.05) is 8.86 Å². The van der Waals surface area contributed by atoms with Gasteiger partial charge in [-0.2, -0.15) is 0 Å². The Morgan fingerprint density at radius 3 is 2.48 bits per heavy atom. The second kappa shape index (κ2) is 9.51. The van der Waals surface area contributed by atoms with E-state index in [1.54, 1.807) is 9.64 Å². The Labute approximate surface area is 170 Å². The van der Waals surface area contributed by atoms with Crippen LogP contribution in [0.15, 0.2) is 48.5 Å². The molecule has 1 fully saturated rings. The fourth-order valence-corrected chi connectivity index (χ4v) is 8.23. The van der Waals surface area contributed by atoms with Gasteiger partial charge in [-0.1, -0.05) is 6.07 Å². The van der Waals surface area contributed by atoms with E-state index >= 15 is 0 Å². The fraction of sp³-hybridized carbons (Fsp3) is 0.500. The molecule has 1 saturated heterocycles. The minimum atomic E-state index is -0.650. The van der Waals surface area contributed by atoms with Crippen LogP contribution in [0.1, 0.15) is 63.2 Å². The van der Waals surface area contributed by atoms with E-state index in [-0.39, 0.29) is 11.2 Å². The Bertz CT molecular complexity index is 725. The molecule has 3 heteroatoms. The molecule has 1 aliphatic rings. The molecule has 0 spiro atoms. The molecule has 3 rings (SSSR count). The standard InChI is InChI=1S/C24H32FIO/c1-3-13-24(2,18-19-9-11-22(12-10-19)26-15-16-26)14-5-8-23(27)20-6-4-7-21(25)17-20/h4,6-7,9-12,17,23,27H,3,5,8,13-16,18H2,1-2H3/t23-,24-/m0/s1. The summed E-state index contributed by atoms with van der Waals surface area (Å²) in [6.07, 6.45) is 5.65. The minimum absolute atomic E-state index is 0.260. The van der Waals surface area contributed by atoms with Crippen LogP contribution >= 0.6 is 19.8 Å². The van der Waals surface area contributed by atoms with Crippen molar-refractivity contribution < 1.29 is 9.50 Å². The van der Waals surface area contributed by atoms with E-state index in [1.807, 2.05) is 6.07 Å². The molecule has 2 atom stereocenters. The van der Waals surface area contributed by atoms with Crippen LogP contribution in [0, 0.1) is 14.8 Å². The summed E-state index contributed by atoms with van der Waals surface area (Å²) >= 11 is -0.650. The number of alkyl halides is 2. The van der Waals surface area contributed by atoms with E-state index < -0.39 is 25.9 Å². The molecular weight excluding hydrogens is 450 g/mol. The summed E-state index contributed by atoms with van der Waals surface area (Å²) in [6, 6.07) is 15.8. The van der Waals surface area contributed by atoms with Crippen molar-refractivity contribution in [1.29, 1.82) is 0 Å². The predicted octanol–water partition coefficient (Wildman–Crippen LogP) is 6.77. The molecule has 0 amide bonds. The van der Waals surface area contributed by atoms with E-state index in [4.69, 9.17) is 0 Å². The summed E-state index contributed by atoms with van der Waals surface area (Å²) < 4.78 is 18.0. The summed E-state index contributed by atoms with van der Waals surface area (Å²) in [5.41, 5.74) is 2.39. The summed E-state index contributed by atoms with van der Waals surface area (Å²) in [6.45, 7) is 4.64. The third-order valence-electron chi connectivity index (χ3n) is 5.58. The zero-order chi connectivity index (χ0) is 19.3. The summed E-state index contributed by atoms with van der Waals surface area (Å²) in [5, 5.41) is 10.4. The first-order valence-electron chi connectivity index (χ1n) is 10.1. The third kappa shape index (κ3) is 6.28. The van der Waals surface area contributed by atoms with Crippen LogP contribution in [0.5, 0.6) is 0 Å². The number of rotatable bonds is 10. The zero-order valence-electron chi connectivity index (χ0n) is 16.6. The molecule has 27 heavy (non-hydrogen) atoms. The van der Waals surface area contributed by atoms with Gasteiger partial charge >= 0.3 is 149 Å². The molecule has 1 N–H and O–H groups in total. The molecule has 1 aliphatic heterocycles. The number of aliphatic hydroxyl groups excluding tert-OH is 1. The zero-order valence-corrected chi connectivity index (χ0v) is 18.7. The maximum absolute atomic E-state index is 13.4. The van der Waals surface area contributed by atoms with E-state index in [9.17, 15) is 9.50 Å². The van der Waals surface area contributed by atoms with Crippen molar-refractivity contribution in [3.05, 3.63) is 69.0 Å². The first kappa shape index (κ1) is 20.8. The maximum atomic E-state index is 13.4. The normalized spacial score (nSPS) is 18.1. The van der Waals surface area contributed by atoms with Crippen molar-refractivity contribution in [2.45, 2.75) is 58.5 Å². The molecule has 2 aromatic carbocycles. The molecule has 2 aromatic rings. The topological polar surface area (TPSA) is 20.2 Å². The second-order valence-corrected chi connectivity index (χ2v) is 14.2. The first-order valence-corrected chi connectivity index (χ1v) is 14.3. The SMILES string of the molecule is CCC[C@@](C)(CCC[C@H](O)c1cccc(F)c1)Cc1ccc(I2CC2)cc1. The Hall–Kier alpha value is -0.940. The van der Waals surface area contributed by atoms with Gasteiger partial charge in [0.25, 0.3) is 0 Å². The molecule has 0 radical (unpaired) electrons. The van der Waals surface area contributed by atoms with E-state index in [0.29, 0.717) is 12.0 Å². The number of hydrogen-bond acceptors (Lipinski definition) is 1. The second-order valence-electron chi connectivity index (χ2n) is 8.16. The van der Waals surface area contributed by atoms with Gasteiger partial charge in [-0.25, -0.2) is 4.39 Å². The predicted molar refractivity (Wildman–Crippen MR) is 121 cm³/mol. The molecule has 1 nitrogen and oxygen atoms in total. The van der Waals surface area contributed by atoms with Gasteiger partial charge in [-0.15, -0.1) is 0 Å². The van der Waals surface area contributed by atoms with Crippen molar-refractivity contribution >= 4 is 19.8 Å². The van der Waals surface area contributed by atoms with Gasteiger partial charge in [0, 0.05) is 0 Å². The molecule has 1 heterocycles. The number of aliphatic hydroxyl groups is 1. The van der Waals surface area contributed by atoms with E-state index in [1.165, 1.54) is 39.4 Å². The van der Waals surface area contributed by atoms with Crippen molar-refractivity contribution in [2.24, 2.45) is 5.41 Å². The Balaban J connectivity index is 1.55. The number of hydrogen-bond donors (Lipinski definition) is 1. The number of benzene rings is 2. The van der Waals surface area contributed by atoms with E-state index in [0.717, 1.165) is 19.3 Å². The quantitative estimate of drug-likeness (QED) is 0.293. The van der Waals surface area contributed by atoms with Crippen LogP contribution in [0.2, 0.25) is 0 Å². The molecule has 0 bridgehead atoms. The molecule has 0 unspecified atom stereocenters. The van der Waals surface area contributed by atoms with Crippen LogP contribution in [0.3, 0.4) is 0 Å². The number of halogens is 2. The Morgan fingerprint density at radius 2 is 1.85 bits per heavy atom. The van der Waals surface area contributed by atoms with Crippen LogP contribution in [0.25, 0.3) is 0 Å². The van der Waals surface area contributed by atoms with Gasteiger partial charge in [0.2, 0.25) is 0 Å². The molecule has 148 valence electrons. The molecule has 0 saturated carbocycles. The van der Waals surface area contributed by atoms with Gasteiger partial charge in [0.15, 0.2) is 0 Å². The summed E-state index contributed by atoms with van der Waals surface area (Å²) in [4.78, 5) is 0. The average molecular weight is 482 g/mol. The third-order valence-corrected chi connectivity index (χ3v) is 10.2.